The number of hydrogen-bond donors (Lipinski definition) is 1. The van der Waals surface area contributed by atoms with Gasteiger partial charge in [-0.15, -0.1) is 0 Å². The number of amides is 1. The molecule has 1 aromatic carbocycles. The zero-order valence-electron chi connectivity index (χ0n) is 19.5. The molecule has 2 atom stereocenters. The average molecular weight is 460 g/mol. The number of fused-ring (bicyclic) bond motifs is 1. The van der Waals surface area contributed by atoms with Crippen LogP contribution < -0.4 is 10.1 Å². The van der Waals surface area contributed by atoms with Crippen molar-refractivity contribution in [3.05, 3.63) is 23.6 Å². The predicted molar refractivity (Wildman–Crippen MR) is 122 cm³/mol. The van der Waals surface area contributed by atoms with Gasteiger partial charge in [-0.1, -0.05) is 12.1 Å². The van der Waals surface area contributed by atoms with Gasteiger partial charge in [-0.2, -0.15) is 0 Å². The molecule has 5 rings (SSSR count). The molecular formula is C25H34FN3O4. The van der Waals surface area contributed by atoms with E-state index in [1.807, 2.05) is 0 Å². The fourth-order valence-electron chi connectivity index (χ4n) is 5.48. The number of aromatic nitrogens is 1. The molecule has 0 bridgehead atoms. The molecule has 1 amide bonds. The Morgan fingerprint density at radius 1 is 1.21 bits per heavy atom. The molecule has 2 aromatic rings. The minimum Gasteiger partial charge on any atom is -0.490 e. The number of halogens is 1. The smallest absolute Gasteiger partial charge is 0.407 e. The third-order valence-corrected chi connectivity index (χ3v) is 7.70. The first-order chi connectivity index (χ1) is 16.0. The number of likely N-dealkylation sites (tertiary alicyclic amines) is 1. The first-order valence-corrected chi connectivity index (χ1v) is 12.3. The number of ether oxygens (including phenoxy) is 2. The monoisotopic (exact) mass is 459 g/mol. The van der Waals surface area contributed by atoms with Crippen molar-refractivity contribution < 1.29 is 23.2 Å². The van der Waals surface area contributed by atoms with Crippen LogP contribution in [0.2, 0.25) is 0 Å². The van der Waals surface area contributed by atoms with Crippen LogP contribution in [0.3, 0.4) is 0 Å². The molecule has 2 heterocycles. The van der Waals surface area contributed by atoms with Crippen LogP contribution in [0.15, 0.2) is 16.7 Å². The molecule has 3 fully saturated rings. The Morgan fingerprint density at radius 2 is 1.97 bits per heavy atom. The SMILES string of the molecule is COc1c(F)ccc2c(C3CCN(C[C@H]4C[C@H]4OC(=O)NC4CCC(C)CC4)CC3)noc12. The van der Waals surface area contributed by atoms with Gasteiger partial charge in [0.2, 0.25) is 11.3 Å². The Morgan fingerprint density at radius 3 is 2.70 bits per heavy atom. The normalized spacial score (nSPS) is 28.6. The van der Waals surface area contributed by atoms with Gasteiger partial charge in [-0.3, -0.25) is 0 Å². The van der Waals surface area contributed by atoms with Crippen LogP contribution in [0.4, 0.5) is 9.18 Å². The van der Waals surface area contributed by atoms with E-state index < -0.39 is 5.82 Å². The van der Waals surface area contributed by atoms with Crippen molar-refractivity contribution in [2.45, 2.75) is 69.9 Å². The average Bonchev–Trinajstić information content (AvgIpc) is 3.37. The number of carbonyl (C=O) groups excluding carboxylic acids is 1. The second kappa shape index (κ2) is 9.49. The van der Waals surface area contributed by atoms with Crippen LogP contribution in [-0.2, 0) is 4.74 Å². The first-order valence-electron chi connectivity index (χ1n) is 12.3. The molecular weight excluding hydrogens is 425 g/mol. The summed E-state index contributed by atoms with van der Waals surface area (Å²) in [4.78, 5) is 14.7. The van der Waals surface area contributed by atoms with E-state index in [0.29, 0.717) is 11.5 Å². The Hall–Kier alpha value is -2.35. The largest absolute Gasteiger partial charge is 0.490 e. The summed E-state index contributed by atoms with van der Waals surface area (Å²) >= 11 is 0. The zero-order valence-corrected chi connectivity index (χ0v) is 19.5. The molecule has 1 saturated heterocycles. The van der Waals surface area contributed by atoms with Crippen molar-refractivity contribution in [3.63, 3.8) is 0 Å². The summed E-state index contributed by atoms with van der Waals surface area (Å²) in [5.74, 6) is 1.16. The Balaban J connectivity index is 1.07. The summed E-state index contributed by atoms with van der Waals surface area (Å²) in [7, 11) is 1.44. The lowest BCUT2D eigenvalue weighted by Crippen LogP contribution is -2.38. The van der Waals surface area contributed by atoms with E-state index in [1.54, 1.807) is 6.07 Å². The molecule has 2 saturated carbocycles. The van der Waals surface area contributed by atoms with E-state index in [-0.39, 0.29) is 29.9 Å². The molecule has 1 aliphatic heterocycles. The molecule has 7 nitrogen and oxygen atoms in total. The van der Waals surface area contributed by atoms with Gasteiger partial charge >= 0.3 is 6.09 Å². The second-order valence-electron chi connectivity index (χ2n) is 10.1. The highest BCUT2D eigenvalue weighted by molar-refractivity contribution is 5.85. The maximum Gasteiger partial charge on any atom is 0.407 e. The molecule has 180 valence electrons. The van der Waals surface area contributed by atoms with Crippen molar-refractivity contribution >= 4 is 17.1 Å². The number of alkyl carbamates (subject to hydrolysis) is 1. The molecule has 2 aliphatic carbocycles. The van der Waals surface area contributed by atoms with Gasteiger partial charge in [-0.25, -0.2) is 9.18 Å². The number of carbonyl (C=O) groups is 1. The lowest BCUT2D eigenvalue weighted by atomic mass is 9.87. The number of rotatable bonds is 6. The van der Waals surface area contributed by atoms with Gasteiger partial charge in [0, 0.05) is 29.8 Å². The van der Waals surface area contributed by atoms with E-state index in [4.69, 9.17) is 14.0 Å². The molecule has 1 N–H and O–H groups in total. The minimum atomic E-state index is -0.439. The van der Waals surface area contributed by atoms with Gasteiger partial charge in [0.05, 0.1) is 12.8 Å². The van der Waals surface area contributed by atoms with Crippen LogP contribution in [0.1, 0.15) is 63.5 Å². The standard InChI is InChI=1S/C25H34FN3O4/c1-15-3-5-18(6-4-15)27-25(30)32-21-13-17(21)14-29-11-9-16(10-12-29)22-19-7-8-20(26)24(31-2)23(19)33-28-22/h7-8,15-18,21H,3-6,9-14H2,1-2H3,(H,27,30)/t15?,17-,18?,21-/m1/s1. The molecule has 33 heavy (non-hydrogen) atoms. The summed E-state index contributed by atoms with van der Waals surface area (Å²) in [5.41, 5.74) is 1.28. The summed E-state index contributed by atoms with van der Waals surface area (Å²) < 4.78 is 30.2. The highest BCUT2D eigenvalue weighted by atomic mass is 19.1. The molecule has 1 aromatic heterocycles. The van der Waals surface area contributed by atoms with Gasteiger partial charge < -0.3 is 24.2 Å². The van der Waals surface area contributed by atoms with Gasteiger partial charge in [0.15, 0.2) is 5.82 Å². The van der Waals surface area contributed by atoms with E-state index in [2.05, 4.69) is 22.3 Å². The van der Waals surface area contributed by atoms with Gasteiger partial charge in [-0.05, 0) is 76.1 Å². The molecule has 0 unspecified atom stereocenters. The number of piperidine rings is 1. The van der Waals surface area contributed by atoms with E-state index in [9.17, 15) is 9.18 Å². The quantitative estimate of drug-likeness (QED) is 0.666. The van der Waals surface area contributed by atoms with Crippen LogP contribution in [0.25, 0.3) is 11.0 Å². The molecule has 0 spiro atoms. The van der Waals surface area contributed by atoms with Gasteiger partial charge in [0.25, 0.3) is 0 Å². The first kappa shape index (κ1) is 22.4. The number of nitrogens with zero attached hydrogens (tertiary/aromatic N) is 2. The number of hydrogen-bond acceptors (Lipinski definition) is 6. The molecule has 3 aliphatic rings. The highest BCUT2D eigenvalue weighted by Gasteiger charge is 2.42. The highest BCUT2D eigenvalue weighted by Crippen LogP contribution is 2.39. The van der Waals surface area contributed by atoms with Crippen LogP contribution in [0, 0.1) is 17.7 Å². The van der Waals surface area contributed by atoms with Crippen LogP contribution >= 0.6 is 0 Å². The topological polar surface area (TPSA) is 76.8 Å². The maximum atomic E-state index is 13.9. The van der Waals surface area contributed by atoms with Crippen molar-refractivity contribution in [1.29, 1.82) is 0 Å². The summed E-state index contributed by atoms with van der Waals surface area (Å²) in [6.07, 6.45) is 7.18. The van der Waals surface area contributed by atoms with E-state index in [1.165, 1.54) is 26.0 Å². The van der Waals surface area contributed by atoms with Crippen molar-refractivity contribution in [2.24, 2.45) is 11.8 Å². The minimum absolute atomic E-state index is 0.0482. The van der Waals surface area contributed by atoms with Crippen molar-refractivity contribution in [1.82, 2.24) is 15.4 Å². The predicted octanol–water partition coefficient (Wildman–Crippen LogP) is 4.85. The fraction of sp³-hybridized carbons (Fsp3) is 0.680. The number of benzene rings is 1. The summed E-state index contributed by atoms with van der Waals surface area (Å²) in [6.45, 7) is 5.17. The molecule has 0 radical (unpaired) electrons. The van der Waals surface area contributed by atoms with Crippen molar-refractivity contribution in [2.75, 3.05) is 26.7 Å². The van der Waals surface area contributed by atoms with Crippen molar-refractivity contribution in [3.8, 4) is 5.75 Å². The maximum absolute atomic E-state index is 13.9. The Bertz CT molecular complexity index is 979. The van der Waals surface area contributed by atoms with E-state index >= 15 is 0 Å². The zero-order chi connectivity index (χ0) is 22.9. The summed E-state index contributed by atoms with van der Waals surface area (Å²) in [6, 6.07) is 3.42. The fourth-order valence-corrected chi connectivity index (χ4v) is 5.48. The Kier molecular flexibility index (Phi) is 6.45. The van der Waals surface area contributed by atoms with Crippen LogP contribution in [-0.4, -0.2) is 55.0 Å². The Labute approximate surface area is 193 Å². The number of nitrogens with one attached hydrogen (secondary N) is 1. The third-order valence-electron chi connectivity index (χ3n) is 7.70. The molecule has 8 heteroatoms. The lowest BCUT2D eigenvalue weighted by Gasteiger charge is -2.31. The second-order valence-corrected chi connectivity index (χ2v) is 10.1. The lowest BCUT2D eigenvalue weighted by molar-refractivity contribution is 0.118. The summed E-state index contributed by atoms with van der Waals surface area (Å²) in [5, 5.41) is 8.15. The van der Waals surface area contributed by atoms with Gasteiger partial charge in [0.1, 0.15) is 6.10 Å². The third kappa shape index (κ3) is 4.95. The van der Waals surface area contributed by atoms with Crippen LogP contribution in [0.5, 0.6) is 5.75 Å². The number of methoxy groups -OCH3 is 1. The van der Waals surface area contributed by atoms with E-state index in [0.717, 1.165) is 68.7 Å².